The number of aromatic amines is 1. The van der Waals surface area contributed by atoms with Crippen molar-refractivity contribution in [3.05, 3.63) is 87.9 Å². The number of piperazine rings is 1. The van der Waals surface area contributed by atoms with Crippen LogP contribution in [0, 0.1) is 32.1 Å². The number of H-pyrrole nitrogens is 1. The van der Waals surface area contributed by atoms with Crippen LogP contribution >= 0.6 is 0 Å². The number of nitriles is 1. The van der Waals surface area contributed by atoms with Crippen LogP contribution in [0.15, 0.2) is 48.8 Å². The van der Waals surface area contributed by atoms with E-state index in [0.717, 1.165) is 79.3 Å². The second-order valence-corrected chi connectivity index (χ2v) is 10.4. The molecule has 37 heavy (non-hydrogen) atoms. The Kier molecular flexibility index (Phi) is 7.27. The van der Waals surface area contributed by atoms with Crippen molar-refractivity contribution in [2.45, 2.75) is 40.2 Å². The first-order valence-electron chi connectivity index (χ1n) is 13.1. The van der Waals surface area contributed by atoms with Gasteiger partial charge in [-0.25, -0.2) is 0 Å². The molecule has 6 nitrogen and oxygen atoms in total. The summed E-state index contributed by atoms with van der Waals surface area (Å²) in [6.45, 7) is 11.9. The van der Waals surface area contributed by atoms with Gasteiger partial charge in [0.15, 0.2) is 0 Å². The zero-order valence-electron chi connectivity index (χ0n) is 22.4. The van der Waals surface area contributed by atoms with Gasteiger partial charge in [0, 0.05) is 67.4 Å². The summed E-state index contributed by atoms with van der Waals surface area (Å²) < 4.78 is 0. The van der Waals surface area contributed by atoms with Gasteiger partial charge in [0.05, 0.1) is 11.3 Å². The molecule has 3 heterocycles. The molecule has 190 valence electrons. The van der Waals surface area contributed by atoms with E-state index >= 15 is 0 Å². The van der Waals surface area contributed by atoms with E-state index in [0.29, 0.717) is 5.56 Å². The highest BCUT2D eigenvalue weighted by Crippen LogP contribution is 2.32. The number of pyridine rings is 1. The maximum absolute atomic E-state index is 9.89. The molecule has 0 atom stereocenters. The minimum Gasteiger partial charge on any atom is -0.361 e. The van der Waals surface area contributed by atoms with Crippen molar-refractivity contribution in [1.82, 2.24) is 19.8 Å². The van der Waals surface area contributed by atoms with E-state index in [1.165, 1.54) is 22.1 Å². The predicted octanol–water partition coefficient (Wildman–Crippen LogP) is 5.64. The topological polar surface area (TPSA) is 71.0 Å². The zero-order chi connectivity index (χ0) is 25.9. The molecule has 1 fully saturated rings. The van der Waals surface area contributed by atoms with Gasteiger partial charge >= 0.3 is 0 Å². The molecule has 5 rings (SSSR count). The van der Waals surface area contributed by atoms with Crippen LogP contribution in [0.2, 0.25) is 0 Å². The number of aryl methyl sites for hydroxylation is 4. The van der Waals surface area contributed by atoms with Gasteiger partial charge in [-0.2, -0.15) is 5.26 Å². The van der Waals surface area contributed by atoms with Crippen molar-refractivity contribution in [1.29, 1.82) is 5.26 Å². The van der Waals surface area contributed by atoms with Crippen molar-refractivity contribution in [3.63, 3.8) is 0 Å². The molecule has 0 radical (unpaired) electrons. The van der Waals surface area contributed by atoms with Gasteiger partial charge in [0.1, 0.15) is 6.07 Å². The van der Waals surface area contributed by atoms with Gasteiger partial charge in [0.2, 0.25) is 0 Å². The van der Waals surface area contributed by atoms with Crippen molar-refractivity contribution in [2.24, 2.45) is 0 Å². The number of rotatable bonds is 7. The summed E-state index contributed by atoms with van der Waals surface area (Å²) in [7, 11) is 2.20. The number of nitrogens with one attached hydrogen (secondary N) is 2. The third-order valence-corrected chi connectivity index (χ3v) is 7.83. The molecule has 1 aliphatic heterocycles. The van der Waals surface area contributed by atoms with Crippen molar-refractivity contribution < 1.29 is 0 Å². The minimum absolute atomic E-state index is 0.577. The first kappa shape index (κ1) is 25.0. The fourth-order valence-electron chi connectivity index (χ4n) is 5.40. The molecule has 2 aromatic carbocycles. The average molecular weight is 493 g/mol. The molecule has 2 N–H and O–H groups in total. The van der Waals surface area contributed by atoms with Crippen molar-refractivity contribution in [2.75, 3.05) is 38.5 Å². The van der Waals surface area contributed by atoms with Gasteiger partial charge in [0.25, 0.3) is 0 Å². The SMILES string of the molecule is Cc1cc(CN2CCN(C)CC2)ccc1CCc1c(C)ncc(C#N)c1Nc1ccc2[nH]ccc2c1C. The van der Waals surface area contributed by atoms with E-state index < -0.39 is 0 Å². The van der Waals surface area contributed by atoms with E-state index in [1.807, 2.05) is 13.1 Å². The number of nitrogens with zero attached hydrogens (tertiary/aromatic N) is 4. The average Bonchev–Trinajstić information content (AvgIpc) is 3.38. The lowest BCUT2D eigenvalue weighted by Gasteiger charge is -2.32. The molecule has 0 unspecified atom stereocenters. The lowest BCUT2D eigenvalue weighted by Crippen LogP contribution is -2.43. The Balaban J connectivity index is 1.36. The molecule has 0 bridgehead atoms. The molecular formula is C31H36N6. The number of fused-ring (bicyclic) bond motifs is 1. The third kappa shape index (κ3) is 5.39. The maximum Gasteiger partial charge on any atom is 0.103 e. The van der Waals surface area contributed by atoms with E-state index in [-0.39, 0.29) is 0 Å². The molecule has 0 spiro atoms. The van der Waals surface area contributed by atoms with Crippen molar-refractivity contribution >= 4 is 22.3 Å². The van der Waals surface area contributed by atoms with Gasteiger partial charge < -0.3 is 15.2 Å². The Bertz CT molecular complexity index is 1450. The highest BCUT2D eigenvalue weighted by Gasteiger charge is 2.17. The van der Waals surface area contributed by atoms with E-state index in [2.05, 4.69) is 88.4 Å². The lowest BCUT2D eigenvalue weighted by molar-refractivity contribution is 0.148. The molecular weight excluding hydrogens is 456 g/mol. The molecule has 1 saturated heterocycles. The van der Waals surface area contributed by atoms with Crippen LogP contribution in [-0.2, 0) is 19.4 Å². The second-order valence-electron chi connectivity index (χ2n) is 10.4. The van der Waals surface area contributed by atoms with Crippen LogP contribution in [0.3, 0.4) is 0 Å². The Labute approximate surface area is 219 Å². The molecule has 1 aliphatic rings. The Morgan fingerprint density at radius 3 is 2.59 bits per heavy atom. The summed E-state index contributed by atoms with van der Waals surface area (Å²) in [5.41, 5.74) is 10.9. The largest absolute Gasteiger partial charge is 0.361 e. The molecule has 4 aromatic rings. The Morgan fingerprint density at radius 2 is 1.84 bits per heavy atom. The highest BCUT2D eigenvalue weighted by atomic mass is 15.2. The summed E-state index contributed by atoms with van der Waals surface area (Å²) in [6.07, 6.45) is 5.37. The maximum atomic E-state index is 9.89. The quantitative estimate of drug-likeness (QED) is 0.350. The zero-order valence-corrected chi connectivity index (χ0v) is 22.4. The summed E-state index contributed by atoms with van der Waals surface area (Å²) in [5.74, 6) is 0. The van der Waals surface area contributed by atoms with E-state index in [1.54, 1.807) is 6.20 Å². The first-order valence-corrected chi connectivity index (χ1v) is 13.1. The summed E-state index contributed by atoms with van der Waals surface area (Å²) in [6, 6.07) is 15.5. The molecule has 0 amide bonds. The highest BCUT2D eigenvalue weighted by molar-refractivity contribution is 5.89. The van der Waals surface area contributed by atoms with E-state index in [9.17, 15) is 5.26 Å². The van der Waals surface area contributed by atoms with Crippen LogP contribution in [0.4, 0.5) is 11.4 Å². The lowest BCUT2D eigenvalue weighted by atomic mass is 9.96. The normalized spacial score (nSPS) is 14.7. The van der Waals surface area contributed by atoms with Crippen molar-refractivity contribution in [3.8, 4) is 6.07 Å². The number of hydrogen-bond donors (Lipinski definition) is 2. The molecule has 2 aromatic heterocycles. The van der Waals surface area contributed by atoms with Crippen LogP contribution < -0.4 is 5.32 Å². The summed E-state index contributed by atoms with van der Waals surface area (Å²) in [4.78, 5) is 12.8. The summed E-state index contributed by atoms with van der Waals surface area (Å²) >= 11 is 0. The van der Waals surface area contributed by atoms with Crippen LogP contribution in [0.25, 0.3) is 10.9 Å². The second kappa shape index (κ2) is 10.8. The van der Waals surface area contributed by atoms with Crippen LogP contribution in [-0.4, -0.2) is 53.0 Å². The minimum atomic E-state index is 0.577. The van der Waals surface area contributed by atoms with Gasteiger partial charge in [-0.05, 0) is 86.7 Å². The number of anilines is 2. The smallest absolute Gasteiger partial charge is 0.103 e. The number of likely N-dealkylation sites (N-methyl/N-ethyl adjacent to an activating group) is 1. The Hall–Kier alpha value is -3.66. The molecule has 0 aliphatic carbocycles. The number of benzene rings is 2. The monoisotopic (exact) mass is 492 g/mol. The fourth-order valence-corrected chi connectivity index (χ4v) is 5.40. The van der Waals surface area contributed by atoms with Gasteiger partial charge in [-0.1, -0.05) is 18.2 Å². The van der Waals surface area contributed by atoms with E-state index in [4.69, 9.17) is 0 Å². The standard InChI is InChI=1S/C31H36N6/c1-21-17-24(20-37-15-13-36(4)14-16-37)5-6-25(21)7-8-28-23(3)34-19-26(18-32)31(28)35-29-9-10-30-27(22(29)2)11-12-33-30/h5-6,9-12,17,19,33H,7-8,13-16,20H2,1-4H3,(H,34,35). The van der Waals surface area contributed by atoms with Gasteiger partial charge in [-0.3, -0.25) is 9.88 Å². The van der Waals surface area contributed by atoms with Gasteiger partial charge in [-0.15, -0.1) is 0 Å². The fraction of sp³-hybridized carbons (Fsp3) is 0.355. The molecule has 6 heteroatoms. The summed E-state index contributed by atoms with van der Waals surface area (Å²) in [5, 5.41) is 14.7. The van der Waals surface area contributed by atoms with Crippen LogP contribution in [0.1, 0.15) is 39.1 Å². The Morgan fingerprint density at radius 1 is 1.03 bits per heavy atom. The number of hydrogen-bond acceptors (Lipinski definition) is 5. The van der Waals surface area contributed by atoms with Crippen LogP contribution in [0.5, 0.6) is 0 Å². The predicted molar refractivity (Wildman–Crippen MR) is 151 cm³/mol. The number of aromatic nitrogens is 2. The third-order valence-electron chi connectivity index (χ3n) is 7.83. The molecule has 0 saturated carbocycles. The first-order chi connectivity index (χ1) is 17.9.